The maximum atomic E-state index is 13.8. The molecule has 4 rings (SSSR count). The van der Waals surface area contributed by atoms with Crippen molar-refractivity contribution in [3.8, 4) is 0 Å². The van der Waals surface area contributed by atoms with Crippen molar-refractivity contribution in [2.24, 2.45) is 0 Å². The normalized spacial score (nSPS) is 22.0. The average molecular weight is 335 g/mol. The van der Waals surface area contributed by atoms with Crippen molar-refractivity contribution in [3.05, 3.63) is 24.0 Å². The molecule has 0 radical (unpaired) electrons. The Kier molecular flexibility index (Phi) is 3.90. The van der Waals surface area contributed by atoms with Crippen LogP contribution in [0.25, 0.3) is 10.2 Å². The summed E-state index contributed by atoms with van der Waals surface area (Å²) in [6, 6.07) is 5.03. The number of rotatable bonds is 2. The summed E-state index contributed by atoms with van der Waals surface area (Å²) in [6.45, 7) is 3.46. The number of piperazine rings is 1. The van der Waals surface area contributed by atoms with Gasteiger partial charge in [-0.15, -0.1) is 0 Å². The van der Waals surface area contributed by atoms with Gasteiger partial charge in [-0.2, -0.15) is 0 Å². The third-order valence-electron chi connectivity index (χ3n) is 4.43. The molecule has 0 spiro atoms. The fourth-order valence-corrected chi connectivity index (χ4v) is 4.16. The lowest BCUT2D eigenvalue weighted by Crippen LogP contribution is -2.51. The highest BCUT2D eigenvalue weighted by molar-refractivity contribution is 7.22. The number of nitrogens with zero attached hydrogens (tertiary/aromatic N) is 3. The second-order valence-corrected chi connectivity index (χ2v) is 6.91. The first-order valence-corrected chi connectivity index (χ1v) is 8.74. The molecule has 0 bridgehead atoms. The monoisotopic (exact) mass is 335 g/mol. The quantitative estimate of drug-likeness (QED) is 0.845. The molecule has 0 aliphatic carbocycles. The maximum Gasteiger partial charge on any atom is 0.251 e. The summed E-state index contributed by atoms with van der Waals surface area (Å²) in [5.74, 6) is -0.172. The van der Waals surface area contributed by atoms with Crippen LogP contribution >= 0.6 is 11.3 Å². The van der Waals surface area contributed by atoms with E-state index in [2.05, 4.69) is 9.88 Å². The van der Waals surface area contributed by atoms with Crippen LogP contribution < -0.4 is 4.90 Å². The second-order valence-electron chi connectivity index (χ2n) is 5.90. The van der Waals surface area contributed by atoms with E-state index in [0.29, 0.717) is 25.2 Å². The van der Waals surface area contributed by atoms with Gasteiger partial charge in [0.25, 0.3) is 5.91 Å². The predicted octanol–water partition coefficient (Wildman–Crippen LogP) is 2.26. The van der Waals surface area contributed by atoms with Crippen LogP contribution in [0.4, 0.5) is 9.52 Å². The number of fused-ring (bicyclic) bond motifs is 1. The molecule has 2 saturated heterocycles. The van der Waals surface area contributed by atoms with E-state index >= 15 is 0 Å². The highest BCUT2D eigenvalue weighted by Gasteiger charge is 2.30. The summed E-state index contributed by atoms with van der Waals surface area (Å²) < 4.78 is 20.1. The minimum Gasteiger partial charge on any atom is -0.368 e. The molecule has 2 aromatic rings. The van der Waals surface area contributed by atoms with Crippen molar-refractivity contribution >= 4 is 32.6 Å². The Balaban J connectivity index is 1.44. The number of amides is 1. The number of halogens is 1. The molecule has 23 heavy (non-hydrogen) atoms. The molecule has 0 saturated carbocycles. The van der Waals surface area contributed by atoms with E-state index in [1.807, 2.05) is 11.0 Å². The lowest BCUT2D eigenvalue weighted by atomic mass is 10.2. The molecule has 1 unspecified atom stereocenters. The Bertz CT molecular complexity index is 721. The van der Waals surface area contributed by atoms with Gasteiger partial charge in [-0.1, -0.05) is 17.4 Å². The molecule has 1 atom stereocenters. The molecule has 5 nitrogen and oxygen atoms in total. The smallest absolute Gasteiger partial charge is 0.251 e. The number of anilines is 1. The largest absolute Gasteiger partial charge is 0.368 e. The number of hydrogen-bond acceptors (Lipinski definition) is 5. The van der Waals surface area contributed by atoms with Gasteiger partial charge in [-0.25, -0.2) is 9.37 Å². The van der Waals surface area contributed by atoms with Gasteiger partial charge in [-0.3, -0.25) is 4.79 Å². The molecular formula is C16H18FN3O2S. The van der Waals surface area contributed by atoms with E-state index in [9.17, 15) is 9.18 Å². The zero-order valence-corrected chi connectivity index (χ0v) is 13.5. The maximum absolute atomic E-state index is 13.8. The fraction of sp³-hybridized carbons (Fsp3) is 0.500. The Morgan fingerprint density at radius 1 is 1.30 bits per heavy atom. The zero-order valence-electron chi connectivity index (χ0n) is 12.7. The van der Waals surface area contributed by atoms with Gasteiger partial charge in [0.2, 0.25) is 0 Å². The Hall–Kier alpha value is -1.73. The van der Waals surface area contributed by atoms with Crippen molar-refractivity contribution in [2.45, 2.75) is 18.9 Å². The summed E-state index contributed by atoms with van der Waals surface area (Å²) in [5, 5.41) is 0.828. The van der Waals surface area contributed by atoms with Crippen molar-refractivity contribution in [3.63, 3.8) is 0 Å². The molecule has 122 valence electrons. The number of carbonyl (C=O) groups is 1. The highest BCUT2D eigenvalue weighted by atomic mass is 32.1. The molecule has 1 amide bonds. The van der Waals surface area contributed by atoms with E-state index in [-0.39, 0.29) is 17.8 Å². The molecule has 1 aromatic carbocycles. The Morgan fingerprint density at radius 2 is 2.13 bits per heavy atom. The fourth-order valence-electron chi connectivity index (χ4n) is 3.13. The summed E-state index contributed by atoms with van der Waals surface area (Å²) in [5.41, 5.74) is 0.436. The van der Waals surface area contributed by atoms with Gasteiger partial charge >= 0.3 is 0 Å². The van der Waals surface area contributed by atoms with Crippen molar-refractivity contribution in [2.75, 3.05) is 37.7 Å². The van der Waals surface area contributed by atoms with Crippen molar-refractivity contribution in [1.82, 2.24) is 9.88 Å². The topological polar surface area (TPSA) is 45.7 Å². The zero-order chi connectivity index (χ0) is 15.8. The van der Waals surface area contributed by atoms with Gasteiger partial charge in [0.05, 0.1) is 4.70 Å². The van der Waals surface area contributed by atoms with Gasteiger partial charge in [0.15, 0.2) is 5.13 Å². The predicted molar refractivity (Wildman–Crippen MR) is 87.3 cm³/mol. The van der Waals surface area contributed by atoms with Crippen LogP contribution in [0.5, 0.6) is 0 Å². The van der Waals surface area contributed by atoms with E-state index < -0.39 is 0 Å². The summed E-state index contributed by atoms with van der Waals surface area (Å²) in [6.07, 6.45) is 1.54. The van der Waals surface area contributed by atoms with Crippen LogP contribution in [0.3, 0.4) is 0 Å². The third-order valence-corrected chi connectivity index (χ3v) is 5.51. The second kappa shape index (κ2) is 6.05. The van der Waals surface area contributed by atoms with Gasteiger partial charge in [-0.05, 0) is 25.0 Å². The van der Waals surface area contributed by atoms with E-state index in [0.717, 1.165) is 35.8 Å². The number of benzene rings is 1. The van der Waals surface area contributed by atoms with Gasteiger partial charge in [0.1, 0.15) is 17.4 Å². The van der Waals surface area contributed by atoms with Gasteiger partial charge in [0, 0.05) is 32.8 Å². The van der Waals surface area contributed by atoms with E-state index in [4.69, 9.17) is 4.74 Å². The summed E-state index contributed by atoms with van der Waals surface area (Å²) in [4.78, 5) is 20.8. The van der Waals surface area contributed by atoms with Crippen LogP contribution in [0.15, 0.2) is 18.2 Å². The molecule has 2 fully saturated rings. The number of thiazole rings is 1. The summed E-state index contributed by atoms with van der Waals surface area (Å²) >= 11 is 1.50. The molecule has 0 N–H and O–H groups in total. The first kappa shape index (κ1) is 14.8. The average Bonchev–Trinajstić information content (AvgIpc) is 3.24. The molecular weight excluding hydrogens is 317 g/mol. The number of ether oxygens (including phenoxy) is 1. The van der Waals surface area contributed by atoms with Crippen LogP contribution in [-0.4, -0.2) is 54.7 Å². The minimum absolute atomic E-state index is 0.109. The number of para-hydroxylation sites is 1. The molecule has 1 aromatic heterocycles. The first-order chi connectivity index (χ1) is 11.2. The minimum atomic E-state index is -0.280. The van der Waals surface area contributed by atoms with Crippen LogP contribution in [0.2, 0.25) is 0 Å². The highest BCUT2D eigenvalue weighted by Crippen LogP contribution is 2.30. The number of carbonyl (C=O) groups excluding carboxylic acids is 1. The standard InChI is InChI=1S/C16H18FN3O2S/c17-11-3-1-5-13-14(11)18-16(23-13)20-8-6-19(7-9-20)15(21)12-4-2-10-22-12/h1,3,5,12H,2,4,6-10H2. The van der Waals surface area contributed by atoms with Crippen LogP contribution in [0.1, 0.15) is 12.8 Å². The van der Waals surface area contributed by atoms with Crippen molar-refractivity contribution < 1.29 is 13.9 Å². The van der Waals surface area contributed by atoms with E-state index in [1.165, 1.54) is 17.4 Å². The van der Waals surface area contributed by atoms with Crippen molar-refractivity contribution in [1.29, 1.82) is 0 Å². The number of aromatic nitrogens is 1. The SMILES string of the molecule is O=C(C1CCCO1)N1CCN(c2nc3c(F)cccc3s2)CC1. The lowest BCUT2D eigenvalue weighted by Gasteiger charge is -2.35. The van der Waals surface area contributed by atoms with E-state index in [1.54, 1.807) is 6.07 Å². The molecule has 2 aliphatic heterocycles. The molecule has 7 heteroatoms. The third kappa shape index (κ3) is 2.79. The first-order valence-electron chi connectivity index (χ1n) is 7.93. The lowest BCUT2D eigenvalue weighted by molar-refractivity contribution is -0.141. The van der Waals surface area contributed by atoms with Crippen LogP contribution in [0, 0.1) is 5.82 Å². The van der Waals surface area contributed by atoms with Gasteiger partial charge < -0.3 is 14.5 Å². The molecule has 2 aliphatic rings. The molecule has 3 heterocycles. The Labute approximate surface area is 137 Å². The number of hydrogen-bond donors (Lipinski definition) is 0. The van der Waals surface area contributed by atoms with Crippen LogP contribution in [-0.2, 0) is 9.53 Å². The Morgan fingerprint density at radius 3 is 2.83 bits per heavy atom. The summed E-state index contributed by atoms with van der Waals surface area (Å²) in [7, 11) is 0.